The van der Waals surface area contributed by atoms with Crippen LogP contribution >= 0.6 is 27.3 Å². The highest BCUT2D eigenvalue weighted by Crippen LogP contribution is 2.30. The first kappa shape index (κ1) is 14.1. The summed E-state index contributed by atoms with van der Waals surface area (Å²) in [6, 6.07) is 0.0560. The smallest absolute Gasteiger partial charge is 0.176 e. The normalized spacial score (nSPS) is 13.3. The van der Waals surface area contributed by atoms with Gasteiger partial charge in [0, 0.05) is 23.1 Å². The SMILES string of the molecule is CCOC(OCC)C(NC)c1cscc1Br. The van der Waals surface area contributed by atoms with Gasteiger partial charge in [0.1, 0.15) is 0 Å². The Bertz CT molecular complexity index is 300. The van der Waals surface area contributed by atoms with Gasteiger partial charge in [0.2, 0.25) is 0 Å². The van der Waals surface area contributed by atoms with Crippen molar-refractivity contribution < 1.29 is 9.47 Å². The number of thiophene rings is 1. The molecule has 0 saturated heterocycles. The van der Waals surface area contributed by atoms with E-state index in [4.69, 9.17) is 9.47 Å². The molecule has 1 aromatic heterocycles. The van der Waals surface area contributed by atoms with Crippen LogP contribution < -0.4 is 5.32 Å². The van der Waals surface area contributed by atoms with Crippen LogP contribution in [0.1, 0.15) is 25.5 Å². The van der Waals surface area contributed by atoms with E-state index >= 15 is 0 Å². The van der Waals surface area contributed by atoms with E-state index in [1.165, 1.54) is 5.56 Å². The Labute approximate surface area is 109 Å². The molecule has 0 aromatic carbocycles. The van der Waals surface area contributed by atoms with Gasteiger partial charge in [0.05, 0.1) is 6.04 Å². The maximum atomic E-state index is 5.61. The van der Waals surface area contributed by atoms with E-state index in [2.05, 4.69) is 32.0 Å². The molecule has 5 heteroatoms. The number of hydrogen-bond acceptors (Lipinski definition) is 4. The minimum Gasteiger partial charge on any atom is -0.351 e. The van der Waals surface area contributed by atoms with Crippen molar-refractivity contribution in [2.75, 3.05) is 20.3 Å². The fourth-order valence-corrected chi connectivity index (χ4v) is 3.10. The largest absolute Gasteiger partial charge is 0.351 e. The summed E-state index contributed by atoms with van der Waals surface area (Å²) >= 11 is 5.20. The predicted octanol–water partition coefficient (Wildman–Crippen LogP) is 3.17. The third kappa shape index (κ3) is 3.53. The Balaban J connectivity index is 2.81. The van der Waals surface area contributed by atoms with E-state index in [-0.39, 0.29) is 12.3 Å². The van der Waals surface area contributed by atoms with Crippen molar-refractivity contribution in [1.29, 1.82) is 0 Å². The van der Waals surface area contributed by atoms with Crippen LogP contribution in [-0.4, -0.2) is 26.6 Å². The molecule has 0 saturated carbocycles. The second-order valence-corrected chi connectivity index (χ2v) is 4.82. The van der Waals surface area contributed by atoms with Crippen molar-refractivity contribution in [1.82, 2.24) is 5.32 Å². The molecule has 1 rings (SSSR count). The van der Waals surface area contributed by atoms with Crippen LogP contribution in [0.25, 0.3) is 0 Å². The summed E-state index contributed by atoms with van der Waals surface area (Å²) in [6.07, 6.45) is -0.245. The molecule has 1 atom stereocenters. The van der Waals surface area contributed by atoms with E-state index in [9.17, 15) is 0 Å². The van der Waals surface area contributed by atoms with Crippen LogP contribution in [0.4, 0.5) is 0 Å². The zero-order valence-corrected chi connectivity index (χ0v) is 12.2. The van der Waals surface area contributed by atoms with Crippen LogP contribution in [0.2, 0.25) is 0 Å². The molecule has 0 aliphatic rings. The van der Waals surface area contributed by atoms with E-state index in [0.717, 1.165) is 4.47 Å². The zero-order chi connectivity index (χ0) is 12.0. The molecule has 0 fully saturated rings. The number of ether oxygens (including phenoxy) is 2. The number of nitrogens with one attached hydrogen (secondary N) is 1. The molecule has 1 heterocycles. The van der Waals surface area contributed by atoms with E-state index in [1.54, 1.807) is 11.3 Å². The third-order valence-corrected chi connectivity index (χ3v) is 3.97. The molecule has 16 heavy (non-hydrogen) atoms. The number of rotatable bonds is 7. The van der Waals surface area contributed by atoms with E-state index < -0.39 is 0 Å². The van der Waals surface area contributed by atoms with Gasteiger partial charge in [-0.25, -0.2) is 0 Å². The number of likely N-dealkylation sites (N-methyl/N-ethyl adjacent to an activating group) is 1. The lowest BCUT2D eigenvalue weighted by molar-refractivity contribution is -0.154. The van der Waals surface area contributed by atoms with Crippen molar-refractivity contribution in [3.05, 3.63) is 20.8 Å². The van der Waals surface area contributed by atoms with Crippen LogP contribution in [0, 0.1) is 0 Å². The predicted molar refractivity (Wildman–Crippen MR) is 70.9 cm³/mol. The molecule has 0 spiro atoms. The first-order chi connectivity index (χ1) is 7.74. The van der Waals surface area contributed by atoms with Gasteiger partial charge in [-0.1, -0.05) is 0 Å². The van der Waals surface area contributed by atoms with Gasteiger partial charge >= 0.3 is 0 Å². The number of halogens is 1. The van der Waals surface area contributed by atoms with Crippen LogP contribution in [0.5, 0.6) is 0 Å². The highest BCUT2D eigenvalue weighted by atomic mass is 79.9. The summed E-state index contributed by atoms with van der Waals surface area (Å²) in [4.78, 5) is 0. The Morgan fingerprint density at radius 3 is 2.31 bits per heavy atom. The quantitative estimate of drug-likeness (QED) is 0.785. The van der Waals surface area contributed by atoms with Crippen LogP contribution in [0.15, 0.2) is 15.2 Å². The first-order valence-corrected chi connectivity index (χ1v) is 7.10. The van der Waals surface area contributed by atoms with Gasteiger partial charge in [0.15, 0.2) is 6.29 Å². The molecule has 0 bridgehead atoms. The van der Waals surface area contributed by atoms with Gasteiger partial charge in [-0.3, -0.25) is 0 Å². The molecular weight excluding hydrogens is 290 g/mol. The monoisotopic (exact) mass is 307 g/mol. The van der Waals surface area contributed by atoms with Gasteiger partial charge in [0.25, 0.3) is 0 Å². The summed E-state index contributed by atoms with van der Waals surface area (Å²) in [6.45, 7) is 5.23. The van der Waals surface area contributed by atoms with Crippen molar-refractivity contribution in [3.63, 3.8) is 0 Å². The molecule has 3 nitrogen and oxygen atoms in total. The second-order valence-electron chi connectivity index (χ2n) is 3.22. The van der Waals surface area contributed by atoms with E-state index in [1.807, 2.05) is 20.9 Å². The van der Waals surface area contributed by atoms with E-state index in [0.29, 0.717) is 13.2 Å². The van der Waals surface area contributed by atoms with Crippen molar-refractivity contribution in [2.45, 2.75) is 26.2 Å². The molecule has 92 valence electrons. The lowest BCUT2D eigenvalue weighted by Crippen LogP contribution is -2.34. The Morgan fingerprint density at radius 1 is 1.31 bits per heavy atom. The molecule has 0 radical (unpaired) electrons. The molecule has 0 amide bonds. The molecule has 1 unspecified atom stereocenters. The fraction of sp³-hybridized carbons (Fsp3) is 0.636. The average Bonchev–Trinajstić information content (AvgIpc) is 2.67. The second kappa shape index (κ2) is 7.40. The van der Waals surface area contributed by atoms with Gasteiger partial charge in [-0.2, -0.15) is 11.3 Å². The lowest BCUT2D eigenvalue weighted by Gasteiger charge is -2.26. The molecule has 0 aliphatic heterocycles. The van der Waals surface area contributed by atoms with Crippen LogP contribution in [-0.2, 0) is 9.47 Å². The lowest BCUT2D eigenvalue weighted by atomic mass is 10.1. The highest BCUT2D eigenvalue weighted by Gasteiger charge is 2.24. The molecular formula is C11H18BrNO2S. The Hall–Kier alpha value is 0.0600. The average molecular weight is 308 g/mol. The van der Waals surface area contributed by atoms with Gasteiger partial charge in [-0.05, 0) is 47.8 Å². The first-order valence-electron chi connectivity index (χ1n) is 5.36. The standard InChI is InChI=1S/C11H18BrNO2S/c1-4-14-11(15-5-2)10(13-3)8-6-16-7-9(8)12/h6-7,10-11,13H,4-5H2,1-3H3. The number of hydrogen-bond donors (Lipinski definition) is 1. The topological polar surface area (TPSA) is 30.5 Å². The highest BCUT2D eigenvalue weighted by molar-refractivity contribution is 9.10. The summed E-state index contributed by atoms with van der Waals surface area (Å²) in [5.74, 6) is 0. The molecule has 0 aliphatic carbocycles. The summed E-state index contributed by atoms with van der Waals surface area (Å²) < 4.78 is 12.3. The summed E-state index contributed by atoms with van der Waals surface area (Å²) in [5, 5.41) is 7.41. The minimum absolute atomic E-state index is 0.0560. The van der Waals surface area contributed by atoms with Crippen LogP contribution in [0.3, 0.4) is 0 Å². The summed E-state index contributed by atoms with van der Waals surface area (Å²) in [7, 11) is 1.92. The fourth-order valence-electron chi connectivity index (χ4n) is 1.52. The molecule has 1 N–H and O–H groups in total. The third-order valence-electron chi connectivity index (χ3n) is 2.22. The maximum Gasteiger partial charge on any atom is 0.176 e. The minimum atomic E-state index is -0.245. The zero-order valence-electron chi connectivity index (χ0n) is 9.83. The van der Waals surface area contributed by atoms with Crippen molar-refractivity contribution in [2.24, 2.45) is 0 Å². The Morgan fingerprint density at radius 2 is 1.94 bits per heavy atom. The summed E-state index contributed by atoms with van der Waals surface area (Å²) in [5.41, 5.74) is 1.18. The van der Waals surface area contributed by atoms with Gasteiger partial charge < -0.3 is 14.8 Å². The molecule has 1 aromatic rings. The van der Waals surface area contributed by atoms with Crippen molar-refractivity contribution in [3.8, 4) is 0 Å². The maximum absolute atomic E-state index is 5.61. The Kier molecular flexibility index (Phi) is 6.53. The van der Waals surface area contributed by atoms with Crippen molar-refractivity contribution >= 4 is 27.3 Å². The van der Waals surface area contributed by atoms with Gasteiger partial charge in [-0.15, -0.1) is 0 Å².